The molecule has 2 aromatic rings. The van der Waals surface area contributed by atoms with Crippen LogP contribution >= 0.6 is 11.6 Å². The monoisotopic (exact) mass is 455 g/mol. The summed E-state index contributed by atoms with van der Waals surface area (Å²) in [5.74, 6) is -2.44. The second kappa shape index (κ2) is 9.90. The molecular weight excluding hydrogens is 434 g/mol. The first-order chi connectivity index (χ1) is 14.1. The highest BCUT2D eigenvalue weighted by atomic mass is 35.5. The fourth-order valence-electron chi connectivity index (χ4n) is 2.85. The minimum Gasteiger partial charge on any atom is -0.462 e. The van der Waals surface area contributed by atoms with Crippen molar-refractivity contribution in [3.05, 3.63) is 51.8 Å². The molecule has 0 aliphatic rings. The number of H-pyrrole nitrogens is 1. The topological polar surface area (TPSA) is 120 Å². The van der Waals surface area contributed by atoms with E-state index in [1.165, 1.54) is 18.2 Å². The van der Waals surface area contributed by atoms with Crippen LogP contribution in [0, 0.1) is 13.8 Å². The first-order valence-corrected chi connectivity index (χ1v) is 11.1. The number of esters is 2. The number of aromatic nitrogens is 1. The Labute approximate surface area is 179 Å². The number of hydrogen-bond acceptors (Lipinski definition) is 7. The Morgan fingerprint density at radius 2 is 1.77 bits per heavy atom. The van der Waals surface area contributed by atoms with Gasteiger partial charge in [0.1, 0.15) is 0 Å². The summed E-state index contributed by atoms with van der Waals surface area (Å²) in [5.41, 5.74) is 1.25. The van der Waals surface area contributed by atoms with Crippen LogP contribution in [-0.4, -0.2) is 50.1 Å². The maximum atomic E-state index is 12.4. The lowest BCUT2D eigenvalue weighted by atomic mass is 10.1. The molecule has 0 spiro atoms. The first kappa shape index (κ1) is 23.6. The molecule has 0 aliphatic heterocycles. The summed E-state index contributed by atoms with van der Waals surface area (Å²) in [4.78, 5) is 39.1. The van der Waals surface area contributed by atoms with Crippen LogP contribution in [0.15, 0.2) is 29.2 Å². The smallest absolute Gasteiger partial charge is 0.340 e. The van der Waals surface area contributed by atoms with Gasteiger partial charge in [-0.2, -0.15) is 0 Å². The number of aromatic amines is 1. The van der Waals surface area contributed by atoms with Crippen LogP contribution < -0.4 is 0 Å². The van der Waals surface area contributed by atoms with Crippen LogP contribution in [0.25, 0.3) is 0 Å². The summed E-state index contributed by atoms with van der Waals surface area (Å²) in [6.45, 7) is 4.49. The van der Waals surface area contributed by atoms with Crippen molar-refractivity contribution in [1.29, 1.82) is 0 Å². The van der Waals surface area contributed by atoms with E-state index >= 15 is 0 Å². The fourth-order valence-corrected chi connectivity index (χ4v) is 4.65. The summed E-state index contributed by atoms with van der Waals surface area (Å²) in [6, 6.07) is 5.92. The predicted octanol–water partition coefficient (Wildman–Crippen LogP) is 3.05. The van der Waals surface area contributed by atoms with Crippen LogP contribution in [-0.2, 0) is 24.1 Å². The summed E-state index contributed by atoms with van der Waals surface area (Å²) in [7, 11) is -3.78. The lowest BCUT2D eigenvalue weighted by Crippen LogP contribution is -2.18. The van der Waals surface area contributed by atoms with E-state index in [1.807, 2.05) is 0 Å². The maximum Gasteiger partial charge on any atom is 0.340 e. The van der Waals surface area contributed by atoms with Gasteiger partial charge in [0, 0.05) is 5.69 Å². The van der Waals surface area contributed by atoms with E-state index in [0.29, 0.717) is 11.3 Å². The van der Waals surface area contributed by atoms with Gasteiger partial charge in [0.15, 0.2) is 16.4 Å². The zero-order chi connectivity index (χ0) is 22.5. The SMILES string of the molecule is CCOC(=O)c1c(C)[nH]c(C(=O)COC(=O)CCS(=O)(=O)c2ccccc2Cl)c1C. The van der Waals surface area contributed by atoms with Crippen LogP contribution in [0.5, 0.6) is 0 Å². The third-order valence-electron chi connectivity index (χ3n) is 4.31. The number of benzene rings is 1. The number of carbonyl (C=O) groups is 3. The molecule has 162 valence electrons. The molecule has 0 radical (unpaired) electrons. The molecule has 2 rings (SSSR count). The average Bonchev–Trinajstić information content (AvgIpc) is 2.99. The molecule has 10 heteroatoms. The Kier molecular flexibility index (Phi) is 7.80. The van der Waals surface area contributed by atoms with Crippen molar-refractivity contribution in [1.82, 2.24) is 4.98 Å². The normalized spacial score (nSPS) is 11.2. The van der Waals surface area contributed by atoms with Crippen LogP contribution in [0.1, 0.15) is 45.4 Å². The van der Waals surface area contributed by atoms with Crippen molar-refractivity contribution in [2.75, 3.05) is 19.0 Å². The minimum atomic E-state index is -3.78. The van der Waals surface area contributed by atoms with Crippen molar-refractivity contribution < 1.29 is 32.3 Å². The molecular formula is C20H22ClNO7S. The average molecular weight is 456 g/mol. The molecule has 8 nitrogen and oxygen atoms in total. The number of ether oxygens (including phenoxy) is 2. The molecule has 0 saturated heterocycles. The Morgan fingerprint density at radius 1 is 1.10 bits per heavy atom. The molecule has 0 atom stereocenters. The second-order valence-electron chi connectivity index (χ2n) is 6.43. The molecule has 0 fully saturated rings. The van der Waals surface area contributed by atoms with Gasteiger partial charge in [0.05, 0.1) is 40.0 Å². The Hall–Kier alpha value is -2.65. The Balaban J connectivity index is 1.97. The van der Waals surface area contributed by atoms with E-state index in [9.17, 15) is 22.8 Å². The van der Waals surface area contributed by atoms with E-state index in [1.54, 1.807) is 26.8 Å². The van der Waals surface area contributed by atoms with Crippen molar-refractivity contribution in [3.8, 4) is 0 Å². The fraction of sp³-hybridized carbons (Fsp3) is 0.350. The molecule has 1 heterocycles. The number of nitrogens with one attached hydrogen (secondary N) is 1. The Bertz CT molecular complexity index is 1070. The van der Waals surface area contributed by atoms with Gasteiger partial charge in [-0.05, 0) is 38.5 Å². The van der Waals surface area contributed by atoms with Crippen LogP contribution in [0.2, 0.25) is 5.02 Å². The van der Waals surface area contributed by atoms with E-state index in [-0.39, 0.29) is 27.8 Å². The highest BCUT2D eigenvalue weighted by Gasteiger charge is 2.24. The highest BCUT2D eigenvalue weighted by Crippen LogP contribution is 2.22. The second-order valence-corrected chi connectivity index (χ2v) is 8.91. The molecule has 1 aromatic heterocycles. The van der Waals surface area contributed by atoms with Gasteiger partial charge in [-0.1, -0.05) is 23.7 Å². The van der Waals surface area contributed by atoms with Crippen LogP contribution in [0.3, 0.4) is 0 Å². The number of ketones is 1. The molecule has 1 N–H and O–H groups in total. The minimum absolute atomic E-state index is 0.0658. The largest absolute Gasteiger partial charge is 0.462 e. The summed E-state index contributed by atoms with van der Waals surface area (Å²) in [5, 5.41) is 0.0658. The molecule has 0 amide bonds. The lowest BCUT2D eigenvalue weighted by molar-refractivity contribution is -0.142. The number of halogens is 1. The highest BCUT2D eigenvalue weighted by molar-refractivity contribution is 7.91. The van der Waals surface area contributed by atoms with E-state index in [0.717, 1.165) is 0 Å². The number of rotatable bonds is 9. The van der Waals surface area contributed by atoms with E-state index in [4.69, 9.17) is 21.1 Å². The molecule has 0 unspecified atom stereocenters. The van der Waals surface area contributed by atoms with Gasteiger partial charge in [-0.15, -0.1) is 0 Å². The third-order valence-corrected chi connectivity index (χ3v) is 6.52. The van der Waals surface area contributed by atoms with Gasteiger partial charge < -0.3 is 14.5 Å². The summed E-state index contributed by atoms with van der Waals surface area (Å²) < 4.78 is 34.5. The van der Waals surface area contributed by atoms with Crippen molar-refractivity contribution >= 4 is 39.2 Å². The van der Waals surface area contributed by atoms with Gasteiger partial charge in [0.2, 0.25) is 5.78 Å². The summed E-state index contributed by atoms with van der Waals surface area (Å²) in [6.07, 6.45) is -0.433. The predicted molar refractivity (Wildman–Crippen MR) is 110 cm³/mol. The van der Waals surface area contributed by atoms with Gasteiger partial charge in [0.25, 0.3) is 0 Å². The maximum absolute atomic E-state index is 12.4. The van der Waals surface area contributed by atoms with Crippen LogP contribution in [0.4, 0.5) is 0 Å². The van der Waals surface area contributed by atoms with Gasteiger partial charge in [-0.3, -0.25) is 9.59 Å². The van der Waals surface area contributed by atoms with Crippen molar-refractivity contribution in [2.24, 2.45) is 0 Å². The number of hydrogen-bond donors (Lipinski definition) is 1. The van der Waals surface area contributed by atoms with Crippen molar-refractivity contribution in [3.63, 3.8) is 0 Å². The Morgan fingerprint density at radius 3 is 2.40 bits per heavy atom. The summed E-state index contributed by atoms with van der Waals surface area (Å²) >= 11 is 5.89. The van der Waals surface area contributed by atoms with E-state index < -0.39 is 46.3 Å². The third kappa shape index (κ3) is 5.48. The van der Waals surface area contributed by atoms with Crippen molar-refractivity contribution in [2.45, 2.75) is 32.1 Å². The molecule has 30 heavy (non-hydrogen) atoms. The first-order valence-electron chi connectivity index (χ1n) is 9.10. The zero-order valence-corrected chi connectivity index (χ0v) is 18.4. The number of aryl methyl sites for hydroxylation is 1. The molecule has 0 saturated carbocycles. The molecule has 1 aromatic carbocycles. The lowest BCUT2D eigenvalue weighted by Gasteiger charge is -2.07. The van der Waals surface area contributed by atoms with Gasteiger partial charge in [-0.25, -0.2) is 13.2 Å². The van der Waals surface area contributed by atoms with E-state index in [2.05, 4.69) is 4.98 Å². The molecule has 0 aliphatic carbocycles. The number of sulfone groups is 1. The number of carbonyl (C=O) groups excluding carboxylic acids is 3. The van der Waals surface area contributed by atoms with Gasteiger partial charge >= 0.3 is 11.9 Å². The standard InChI is InChI=1S/C20H22ClNO7S/c1-4-28-20(25)18-12(2)19(22-13(18)3)15(23)11-29-17(24)9-10-30(26,27)16-8-6-5-7-14(16)21/h5-8,22H,4,9-11H2,1-3H3. The molecule has 0 bridgehead atoms. The zero-order valence-electron chi connectivity index (χ0n) is 16.8. The number of Topliss-reactive ketones (excluding diaryl/α,β-unsaturated/α-hetero) is 1. The quantitative estimate of drug-likeness (QED) is 0.455.